The number of hydrogen-bond acceptors (Lipinski definition) is 9. The molecule has 0 spiro atoms. The lowest BCUT2D eigenvalue weighted by molar-refractivity contribution is -0.130. The van der Waals surface area contributed by atoms with Crippen molar-refractivity contribution in [1.29, 1.82) is 0 Å². The number of benzene rings is 3. The Labute approximate surface area is 347 Å². The fourth-order valence-corrected chi connectivity index (χ4v) is 7.62. The SMILES string of the molecule is Cc1cc(C(=O)NC2CCN(C(=O)O)CC2)ccc1-c1ccc(C[C@H](NC(=O)[C@H]2CC[C@H](CNC(=O)OC(C)(C)C)CC2)C(=O)Nc2ccc(-c3nn[nH]n3)cc2)cc1F. The number of aromatic amines is 1. The summed E-state index contributed by atoms with van der Waals surface area (Å²) in [5.41, 5.74) is 3.04. The highest BCUT2D eigenvalue weighted by atomic mass is 19.1. The van der Waals surface area contributed by atoms with Crippen molar-refractivity contribution in [2.75, 3.05) is 25.0 Å². The number of nitrogens with zero attached hydrogens (tertiary/aromatic N) is 4. The summed E-state index contributed by atoms with van der Waals surface area (Å²) < 4.78 is 21.3. The van der Waals surface area contributed by atoms with Gasteiger partial charge in [0, 0.05) is 60.4 Å². The number of ether oxygens (including phenoxy) is 1. The number of piperidine rings is 1. The molecule has 0 radical (unpaired) electrons. The van der Waals surface area contributed by atoms with Gasteiger partial charge < -0.3 is 36.0 Å². The molecule has 16 nitrogen and oxygen atoms in total. The van der Waals surface area contributed by atoms with Crippen molar-refractivity contribution >= 4 is 35.6 Å². The quantitative estimate of drug-likeness (QED) is 0.100. The van der Waals surface area contributed by atoms with E-state index in [2.05, 4.69) is 41.9 Å². The van der Waals surface area contributed by atoms with Crippen LogP contribution in [0.15, 0.2) is 60.7 Å². The molecule has 2 fully saturated rings. The fraction of sp³-hybridized carbons (Fsp3) is 0.442. The van der Waals surface area contributed by atoms with Gasteiger partial charge >= 0.3 is 12.2 Å². The normalized spacial score (nSPS) is 17.6. The zero-order valence-corrected chi connectivity index (χ0v) is 34.2. The first-order valence-electron chi connectivity index (χ1n) is 20.2. The van der Waals surface area contributed by atoms with Crippen LogP contribution in [-0.4, -0.2) is 97.9 Å². The van der Waals surface area contributed by atoms with Crippen molar-refractivity contribution in [3.63, 3.8) is 0 Å². The van der Waals surface area contributed by atoms with Gasteiger partial charge in [0.15, 0.2) is 0 Å². The summed E-state index contributed by atoms with van der Waals surface area (Å²) in [5.74, 6) is -1.33. The first-order valence-corrected chi connectivity index (χ1v) is 20.2. The van der Waals surface area contributed by atoms with Crippen molar-refractivity contribution in [2.24, 2.45) is 11.8 Å². The predicted octanol–water partition coefficient (Wildman–Crippen LogP) is 5.85. The maximum absolute atomic E-state index is 15.9. The van der Waals surface area contributed by atoms with Crippen molar-refractivity contribution in [1.82, 2.24) is 41.5 Å². The average molecular weight is 826 g/mol. The van der Waals surface area contributed by atoms with Crippen LogP contribution in [0.25, 0.3) is 22.5 Å². The third-order valence-corrected chi connectivity index (χ3v) is 10.9. The molecule has 3 aromatic carbocycles. The van der Waals surface area contributed by atoms with E-state index in [0.29, 0.717) is 103 Å². The number of hydrogen-bond donors (Lipinski definition) is 6. The summed E-state index contributed by atoms with van der Waals surface area (Å²) in [4.78, 5) is 65.3. The van der Waals surface area contributed by atoms with Crippen LogP contribution >= 0.6 is 0 Å². The standard InChI is InChI=1S/C43H52FN9O7/c1-25-21-30(39(55)46-32-17-19-53(20-18-32)42(58)59)12-16-33(25)34-15-7-27(22-35(34)44)23-36(40(56)47-31-13-10-28(11-14-31)37-49-51-52-50-37)48-38(54)29-8-5-26(6-9-29)24-45-41(57)60-43(2,3)4/h7,10-16,21-22,26,29,32,36H,5-6,8-9,17-20,23-24H2,1-4H3,(H,45,57)(H,46,55)(H,47,56)(H,48,54)(H,58,59)(H,49,50,51,52)/t26-,29-,36-/m0/s1. The molecule has 0 bridgehead atoms. The molecule has 1 saturated carbocycles. The molecule has 1 aliphatic heterocycles. The molecule has 318 valence electrons. The lowest BCUT2D eigenvalue weighted by Gasteiger charge is -2.30. The number of alkyl carbamates (subject to hydrolysis) is 1. The van der Waals surface area contributed by atoms with Crippen molar-refractivity contribution in [3.05, 3.63) is 83.2 Å². The number of H-pyrrole nitrogens is 1. The van der Waals surface area contributed by atoms with E-state index < -0.39 is 35.6 Å². The van der Waals surface area contributed by atoms with E-state index >= 15 is 4.39 Å². The molecular weight excluding hydrogens is 774 g/mol. The number of anilines is 1. The van der Waals surface area contributed by atoms with E-state index in [4.69, 9.17) is 4.74 Å². The van der Waals surface area contributed by atoms with Gasteiger partial charge in [0.25, 0.3) is 5.91 Å². The zero-order chi connectivity index (χ0) is 43.0. The highest BCUT2D eigenvalue weighted by Gasteiger charge is 2.31. The van der Waals surface area contributed by atoms with E-state index in [0.717, 1.165) is 0 Å². The van der Waals surface area contributed by atoms with Crippen LogP contribution in [0, 0.1) is 24.6 Å². The Bertz CT molecular complexity index is 2160. The molecule has 1 saturated heterocycles. The maximum atomic E-state index is 15.9. The number of likely N-dealkylation sites (tertiary alicyclic amines) is 1. The van der Waals surface area contributed by atoms with Gasteiger partial charge in [0.05, 0.1) is 0 Å². The molecule has 4 aromatic rings. The van der Waals surface area contributed by atoms with Crippen molar-refractivity contribution in [2.45, 2.75) is 90.3 Å². The van der Waals surface area contributed by atoms with Crippen LogP contribution in [0.3, 0.4) is 0 Å². The van der Waals surface area contributed by atoms with Gasteiger partial charge in [-0.1, -0.05) is 18.2 Å². The topological polar surface area (TPSA) is 221 Å². The Morgan fingerprint density at radius 3 is 2.25 bits per heavy atom. The number of nitrogens with one attached hydrogen (secondary N) is 5. The molecular formula is C43H52FN9O7. The van der Waals surface area contributed by atoms with E-state index in [1.807, 2.05) is 0 Å². The number of rotatable bonds is 12. The minimum absolute atomic E-state index is 0.00829. The first kappa shape index (κ1) is 43.2. The smallest absolute Gasteiger partial charge is 0.407 e. The lowest BCUT2D eigenvalue weighted by atomic mass is 9.81. The third kappa shape index (κ3) is 11.6. The van der Waals surface area contributed by atoms with E-state index in [1.54, 1.807) is 82.3 Å². The van der Waals surface area contributed by atoms with Gasteiger partial charge in [-0.3, -0.25) is 14.4 Å². The predicted molar refractivity (Wildman–Crippen MR) is 220 cm³/mol. The number of carbonyl (C=O) groups is 5. The second kappa shape index (κ2) is 19.1. The number of amides is 5. The van der Waals surface area contributed by atoms with Crippen LogP contribution in [0.2, 0.25) is 0 Å². The highest BCUT2D eigenvalue weighted by Crippen LogP contribution is 2.30. The van der Waals surface area contributed by atoms with Gasteiger partial charge in [0.2, 0.25) is 17.6 Å². The summed E-state index contributed by atoms with van der Waals surface area (Å²) in [7, 11) is 0. The molecule has 1 aliphatic carbocycles. The van der Waals surface area contributed by atoms with E-state index in [-0.39, 0.29) is 36.1 Å². The summed E-state index contributed by atoms with van der Waals surface area (Å²) in [6, 6.07) is 15.4. The fourth-order valence-electron chi connectivity index (χ4n) is 7.62. The van der Waals surface area contributed by atoms with Crippen LogP contribution < -0.4 is 21.3 Å². The molecule has 17 heteroatoms. The third-order valence-electron chi connectivity index (χ3n) is 10.9. The second-order valence-electron chi connectivity index (χ2n) is 16.5. The molecule has 1 aromatic heterocycles. The summed E-state index contributed by atoms with van der Waals surface area (Å²) >= 11 is 0. The van der Waals surface area contributed by atoms with Gasteiger partial charge in [-0.25, -0.2) is 14.0 Å². The number of aromatic nitrogens is 4. The maximum Gasteiger partial charge on any atom is 0.407 e. The van der Waals surface area contributed by atoms with E-state index in [9.17, 15) is 29.1 Å². The van der Waals surface area contributed by atoms with Crippen LogP contribution in [0.1, 0.15) is 80.8 Å². The van der Waals surface area contributed by atoms with Gasteiger partial charge in [-0.2, -0.15) is 5.21 Å². The Morgan fingerprint density at radius 2 is 1.63 bits per heavy atom. The molecule has 6 N–H and O–H groups in total. The monoisotopic (exact) mass is 825 g/mol. The summed E-state index contributed by atoms with van der Waals surface area (Å²) in [5, 5.41) is 34.7. The number of aryl methyl sites for hydroxylation is 1. The largest absolute Gasteiger partial charge is 0.465 e. The Hall–Kier alpha value is -6.39. The highest BCUT2D eigenvalue weighted by molar-refractivity contribution is 5.98. The van der Waals surface area contributed by atoms with Crippen LogP contribution in [0.5, 0.6) is 0 Å². The van der Waals surface area contributed by atoms with Crippen molar-refractivity contribution < 1.29 is 38.2 Å². The lowest BCUT2D eigenvalue weighted by Crippen LogP contribution is -2.48. The van der Waals surface area contributed by atoms with Crippen LogP contribution in [-0.2, 0) is 20.7 Å². The molecule has 6 rings (SSSR count). The number of carboxylic acid groups (broad SMARTS) is 1. The zero-order valence-electron chi connectivity index (χ0n) is 34.2. The van der Waals surface area contributed by atoms with Gasteiger partial charge in [0.1, 0.15) is 17.5 Å². The van der Waals surface area contributed by atoms with Crippen molar-refractivity contribution in [3.8, 4) is 22.5 Å². The molecule has 60 heavy (non-hydrogen) atoms. The Kier molecular flexibility index (Phi) is 13.8. The van der Waals surface area contributed by atoms with Gasteiger partial charge in [-0.05, 0) is 137 Å². The molecule has 5 amide bonds. The Balaban J connectivity index is 1.11. The number of tetrazole rings is 1. The van der Waals surface area contributed by atoms with E-state index in [1.165, 1.54) is 11.0 Å². The first-order chi connectivity index (χ1) is 28.6. The molecule has 1 atom stereocenters. The minimum atomic E-state index is -1.04. The molecule has 0 unspecified atom stereocenters. The molecule has 2 aliphatic rings. The minimum Gasteiger partial charge on any atom is -0.465 e. The second-order valence-corrected chi connectivity index (χ2v) is 16.5. The molecule has 2 heterocycles. The van der Waals surface area contributed by atoms with Gasteiger partial charge in [-0.15, -0.1) is 10.2 Å². The number of carbonyl (C=O) groups excluding carboxylic acids is 4. The Morgan fingerprint density at radius 1 is 0.933 bits per heavy atom. The number of halogens is 1. The summed E-state index contributed by atoms with van der Waals surface area (Å²) in [6.45, 7) is 8.33. The summed E-state index contributed by atoms with van der Waals surface area (Å²) in [6.07, 6.45) is 2.18. The van der Waals surface area contributed by atoms with Crippen LogP contribution in [0.4, 0.5) is 19.7 Å². The average Bonchev–Trinajstić information content (AvgIpc) is 3.75.